The quantitative estimate of drug-likeness (QED) is 0.476. The lowest BCUT2D eigenvalue weighted by molar-refractivity contribution is 0.340. The van der Waals surface area contributed by atoms with Crippen molar-refractivity contribution in [3.63, 3.8) is 0 Å². The third kappa shape index (κ3) is 4.72. The SMILES string of the molecule is CCOc1ccc(-c2nc(S(=O)(=O)c3ccc(Cl)cc3)c(N3CCCCCC3)o2)cc1. The van der Waals surface area contributed by atoms with Crippen molar-refractivity contribution in [2.24, 2.45) is 0 Å². The molecule has 0 amide bonds. The van der Waals surface area contributed by atoms with Crippen molar-refractivity contribution in [2.75, 3.05) is 24.6 Å². The number of anilines is 1. The Morgan fingerprint density at radius 1 is 1.00 bits per heavy atom. The third-order valence-electron chi connectivity index (χ3n) is 5.26. The Bertz CT molecular complexity index is 1120. The average Bonchev–Trinajstić information content (AvgIpc) is 3.05. The van der Waals surface area contributed by atoms with E-state index in [0.717, 1.165) is 44.5 Å². The molecule has 0 N–H and O–H groups in total. The Balaban J connectivity index is 1.79. The number of halogens is 1. The fourth-order valence-electron chi connectivity index (χ4n) is 3.66. The number of aromatic nitrogens is 1. The van der Waals surface area contributed by atoms with Crippen molar-refractivity contribution < 1.29 is 17.6 Å². The van der Waals surface area contributed by atoms with Gasteiger partial charge in [-0.3, -0.25) is 0 Å². The zero-order chi connectivity index (χ0) is 21.8. The Morgan fingerprint density at radius 2 is 1.65 bits per heavy atom. The first kappa shape index (κ1) is 21.7. The van der Waals surface area contributed by atoms with E-state index in [4.69, 9.17) is 20.8 Å². The second kappa shape index (κ2) is 9.32. The van der Waals surface area contributed by atoms with Crippen LogP contribution in [0.5, 0.6) is 5.75 Å². The minimum Gasteiger partial charge on any atom is -0.494 e. The summed E-state index contributed by atoms with van der Waals surface area (Å²) >= 11 is 5.95. The maximum Gasteiger partial charge on any atom is 0.236 e. The van der Waals surface area contributed by atoms with Crippen molar-refractivity contribution in [3.8, 4) is 17.2 Å². The van der Waals surface area contributed by atoms with Crippen LogP contribution >= 0.6 is 11.6 Å². The van der Waals surface area contributed by atoms with Crippen LogP contribution in [0.15, 0.2) is 62.9 Å². The molecule has 1 saturated heterocycles. The molecule has 6 nitrogen and oxygen atoms in total. The maximum absolute atomic E-state index is 13.5. The second-order valence-corrected chi connectivity index (χ2v) is 9.75. The summed E-state index contributed by atoms with van der Waals surface area (Å²) < 4.78 is 38.5. The Hall–Kier alpha value is -2.51. The fraction of sp³-hybridized carbons (Fsp3) is 0.348. The highest BCUT2D eigenvalue weighted by atomic mass is 35.5. The Morgan fingerprint density at radius 3 is 2.26 bits per heavy atom. The van der Waals surface area contributed by atoms with E-state index in [-0.39, 0.29) is 15.8 Å². The number of sulfone groups is 1. The van der Waals surface area contributed by atoms with Crippen molar-refractivity contribution in [1.82, 2.24) is 4.98 Å². The highest BCUT2D eigenvalue weighted by Gasteiger charge is 2.31. The van der Waals surface area contributed by atoms with Crippen LogP contribution in [-0.2, 0) is 9.84 Å². The van der Waals surface area contributed by atoms with Crippen molar-refractivity contribution in [3.05, 3.63) is 53.6 Å². The zero-order valence-corrected chi connectivity index (χ0v) is 19.0. The minimum atomic E-state index is -3.88. The van der Waals surface area contributed by atoms with Crippen molar-refractivity contribution >= 4 is 27.3 Å². The molecule has 1 aliphatic heterocycles. The van der Waals surface area contributed by atoms with Gasteiger partial charge in [-0.2, -0.15) is 4.98 Å². The lowest BCUT2D eigenvalue weighted by Gasteiger charge is -2.20. The van der Waals surface area contributed by atoms with Crippen LogP contribution in [0, 0.1) is 0 Å². The molecule has 1 fully saturated rings. The van der Waals surface area contributed by atoms with Gasteiger partial charge >= 0.3 is 0 Å². The molecule has 164 valence electrons. The monoisotopic (exact) mass is 460 g/mol. The lowest BCUT2D eigenvalue weighted by atomic mass is 10.2. The largest absolute Gasteiger partial charge is 0.494 e. The molecule has 0 spiro atoms. The standard InChI is InChI=1S/C23H25ClN2O4S/c1-2-29-19-11-7-17(8-12-19)21-25-22(23(30-21)26-15-5-3-4-6-16-26)31(27,28)20-13-9-18(24)10-14-20/h7-14H,2-6,15-16H2,1H3. The summed E-state index contributed by atoms with van der Waals surface area (Å²) in [5.74, 6) is 1.31. The topological polar surface area (TPSA) is 72.6 Å². The molecule has 3 aromatic rings. The molecular weight excluding hydrogens is 436 g/mol. The maximum atomic E-state index is 13.5. The van der Waals surface area contributed by atoms with Gasteiger partial charge in [0, 0.05) is 23.7 Å². The van der Waals surface area contributed by atoms with Crippen LogP contribution in [0.3, 0.4) is 0 Å². The number of hydrogen-bond acceptors (Lipinski definition) is 6. The summed E-state index contributed by atoms with van der Waals surface area (Å²) in [6, 6.07) is 13.4. The third-order valence-corrected chi connectivity index (χ3v) is 7.18. The summed E-state index contributed by atoms with van der Waals surface area (Å²) in [7, 11) is -3.88. The van der Waals surface area contributed by atoms with Crippen LogP contribution in [0.25, 0.3) is 11.5 Å². The van der Waals surface area contributed by atoms with Gasteiger partial charge < -0.3 is 14.1 Å². The Labute approximate surface area is 187 Å². The smallest absolute Gasteiger partial charge is 0.236 e. The van der Waals surface area contributed by atoms with Gasteiger partial charge in [0.2, 0.25) is 26.6 Å². The predicted molar refractivity (Wildman–Crippen MR) is 121 cm³/mol. The van der Waals surface area contributed by atoms with Crippen LogP contribution < -0.4 is 9.64 Å². The van der Waals surface area contributed by atoms with E-state index in [1.807, 2.05) is 36.1 Å². The molecule has 31 heavy (non-hydrogen) atoms. The zero-order valence-electron chi connectivity index (χ0n) is 17.4. The highest BCUT2D eigenvalue weighted by Crippen LogP contribution is 2.36. The summed E-state index contributed by atoms with van der Waals surface area (Å²) in [5.41, 5.74) is 0.692. The van der Waals surface area contributed by atoms with Crippen LogP contribution in [-0.4, -0.2) is 33.1 Å². The molecule has 0 radical (unpaired) electrons. The molecule has 0 bridgehead atoms. The number of ether oxygens (including phenoxy) is 1. The van der Waals surface area contributed by atoms with E-state index in [0.29, 0.717) is 23.1 Å². The van der Waals surface area contributed by atoms with Gasteiger partial charge in [0.05, 0.1) is 11.5 Å². The molecule has 0 atom stereocenters. The minimum absolute atomic E-state index is 0.0550. The summed E-state index contributed by atoms with van der Waals surface area (Å²) in [5, 5.41) is 0.419. The van der Waals surface area contributed by atoms with E-state index in [9.17, 15) is 8.42 Å². The van der Waals surface area contributed by atoms with E-state index in [2.05, 4.69) is 4.98 Å². The predicted octanol–water partition coefficient (Wildman–Crippen LogP) is 5.61. The molecule has 0 unspecified atom stereocenters. The molecule has 1 aromatic heterocycles. The molecular formula is C23H25ClN2O4S. The summed E-state index contributed by atoms with van der Waals surface area (Å²) in [6.07, 6.45) is 4.21. The molecule has 8 heteroatoms. The van der Waals surface area contributed by atoms with E-state index in [1.165, 1.54) is 12.1 Å². The van der Waals surface area contributed by atoms with Gasteiger partial charge in [0.15, 0.2) is 0 Å². The highest BCUT2D eigenvalue weighted by molar-refractivity contribution is 7.91. The second-order valence-electron chi connectivity index (χ2n) is 7.45. The number of nitrogens with zero attached hydrogens (tertiary/aromatic N) is 2. The number of benzene rings is 2. The van der Waals surface area contributed by atoms with Gasteiger partial charge in [-0.25, -0.2) is 8.42 Å². The molecule has 4 rings (SSSR count). The molecule has 2 aromatic carbocycles. The van der Waals surface area contributed by atoms with Gasteiger partial charge in [0.25, 0.3) is 0 Å². The fourth-order valence-corrected chi connectivity index (χ4v) is 5.10. The van der Waals surface area contributed by atoms with Crippen LogP contribution in [0.2, 0.25) is 5.02 Å². The first-order chi connectivity index (χ1) is 15.0. The molecule has 1 aliphatic rings. The van der Waals surface area contributed by atoms with Gasteiger partial charge in [-0.05, 0) is 68.3 Å². The van der Waals surface area contributed by atoms with Crippen LogP contribution in [0.4, 0.5) is 5.88 Å². The summed E-state index contributed by atoms with van der Waals surface area (Å²) in [6.45, 7) is 3.96. The summed E-state index contributed by atoms with van der Waals surface area (Å²) in [4.78, 5) is 6.60. The van der Waals surface area contributed by atoms with Crippen molar-refractivity contribution in [2.45, 2.75) is 42.5 Å². The van der Waals surface area contributed by atoms with E-state index in [1.54, 1.807) is 12.1 Å². The van der Waals surface area contributed by atoms with E-state index >= 15 is 0 Å². The normalized spacial score (nSPS) is 15.0. The number of oxazole rings is 1. The molecule has 0 saturated carbocycles. The Kier molecular flexibility index (Phi) is 6.53. The lowest BCUT2D eigenvalue weighted by Crippen LogP contribution is -2.25. The average molecular weight is 461 g/mol. The molecule has 0 aliphatic carbocycles. The first-order valence-corrected chi connectivity index (χ1v) is 12.3. The van der Waals surface area contributed by atoms with E-state index < -0.39 is 9.84 Å². The van der Waals surface area contributed by atoms with Gasteiger partial charge in [-0.15, -0.1) is 0 Å². The number of hydrogen-bond donors (Lipinski definition) is 0. The van der Waals surface area contributed by atoms with Gasteiger partial charge in [0.1, 0.15) is 5.75 Å². The number of rotatable bonds is 6. The molecule has 2 heterocycles. The van der Waals surface area contributed by atoms with Crippen LogP contribution in [0.1, 0.15) is 32.6 Å². The first-order valence-electron chi connectivity index (χ1n) is 10.5. The van der Waals surface area contributed by atoms with Crippen molar-refractivity contribution in [1.29, 1.82) is 0 Å². The van der Waals surface area contributed by atoms with Gasteiger partial charge in [-0.1, -0.05) is 24.4 Å².